The normalized spacial score (nSPS) is 11.6. The molecule has 1 atom stereocenters. The number of carbonyl (C=O) groups is 2. The van der Waals surface area contributed by atoms with Crippen LogP contribution >= 0.6 is 11.3 Å². The van der Waals surface area contributed by atoms with E-state index in [4.69, 9.17) is 4.74 Å². The van der Waals surface area contributed by atoms with Crippen LogP contribution in [0.1, 0.15) is 36.3 Å². The highest BCUT2D eigenvalue weighted by Crippen LogP contribution is 2.16. The minimum Gasteiger partial charge on any atom is -0.497 e. The van der Waals surface area contributed by atoms with Crippen molar-refractivity contribution in [3.05, 3.63) is 40.9 Å². The van der Waals surface area contributed by atoms with Gasteiger partial charge in [-0.15, -0.1) is 11.3 Å². The Kier molecular flexibility index (Phi) is 6.31. The van der Waals surface area contributed by atoms with Gasteiger partial charge in [-0.1, -0.05) is 12.1 Å². The molecule has 1 aromatic carbocycles. The Balaban J connectivity index is 1.82. The standard InChI is InChI=1S/C17H21N3O3S/c1-11(4-5-13-6-8-14(23-3)9-7-13)18-16(22)15-10-24-17(20-15)19-12(2)21/h6-11H,4-5H2,1-3H3,(H,18,22)(H,19,20,21)/t11-/m0/s1. The van der Waals surface area contributed by atoms with Gasteiger partial charge in [0, 0.05) is 18.3 Å². The van der Waals surface area contributed by atoms with Gasteiger partial charge in [0.05, 0.1) is 7.11 Å². The van der Waals surface area contributed by atoms with E-state index < -0.39 is 0 Å². The van der Waals surface area contributed by atoms with Crippen molar-refractivity contribution in [3.63, 3.8) is 0 Å². The Bertz CT molecular complexity index is 697. The molecule has 0 spiro atoms. The lowest BCUT2D eigenvalue weighted by molar-refractivity contribution is -0.114. The molecule has 24 heavy (non-hydrogen) atoms. The fourth-order valence-corrected chi connectivity index (χ4v) is 2.87. The van der Waals surface area contributed by atoms with Crippen LogP contribution in [0.3, 0.4) is 0 Å². The fraction of sp³-hybridized carbons (Fsp3) is 0.353. The number of amides is 2. The monoisotopic (exact) mass is 347 g/mol. The molecule has 0 aliphatic heterocycles. The molecular weight excluding hydrogens is 326 g/mol. The Hall–Kier alpha value is -2.41. The van der Waals surface area contributed by atoms with E-state index in [9.17, 15) is 9.59 Å². The van der Waals surface area contributed by atoms with E-state index in [-0.39, 0.29) is 17.9 Å². The zero-order valence-electron chi connectivity index (χ0n) is 14.0. The van der Waals surface area contributed by atoms with Gasteiger partial charge in [0.25, 0.3) is 5.91 Å². The summed E-state index contributed by atoms with van der Waals surface area (Å²) in [5, 5.41) is 7.56. The first-order chi connectivity index (χ1) is 11.5. The molecule has 0 fully saturated rings. The van der Waals surface area contributed by atoms with Gasteiger partial charge in [-0.05, 0) is 37.5 Å². The third-order valence-corrected chi connectivity index (χ3v) is 4.18. The Morgan fingerprint density at radius 3 is 2.62 bits per heavy atom. The lowest BCUT2D eigenvalue weighted by Gasteiger charge is -2.13. The van der Waals surface area contributed by atoms with Crippen LogP contribution in [-0.4, -0.2) is 29.9 Å². The molecule has 2 rings (SSSR count). The molecule has 1 aromatic heterocycles. The molecular formula is C17H21N3O3S. The molecule has 0 aliphatic rings. The Labute approximate surface area is 145 Å². The second-order valence-electron chi connectivity index (χ2n) is 5.48. The first-order valence-corrected chi connectivity index (χ1v) is 8.53. The van der Waals surface area contributed by atoms with Crippen LogP contribution in [0.15, 0.2) is 29.6 Å². The number of hydrogen-bond acceptors (Lipinski definition) is 5. The van der Waals surface area contributed by atoms with Crippen molar-refractivity contribution in [3.8, 4) is 5.75 Å². The minimum absolute atomic E-state index is 0.0190. The topological polar surface area (TPSA) is 80.3 Å². The molecule has 1 heterocycles. The Morgan fingerprint density at radius 2 is 2.00 bits per heavy atom. The molecule has 0 radical (unpaired) electrons. The van der Waals surface area contributed by atoms with Crippen LogP contribution in [0.25, 0.3) is 0 Å². The zero-order chi connectivity index (χ0) is 17.5. The largest absolute Gasteiger partial charge is 0.497 e. The van der Waals surface area contributed by atoms with Gasteiger partial charge in [-0.25, -0.2) is 4.98 Å². The third kappa shape index (κ3) is 5.34. The number of anilines is 1. The maximum absolute atomic E-state index is 12.2. The van der Waals surface area contributed by atoms with E-state index >= 15 is 0 Å². The van der Waals surface area contributed by atoms with Gasteiger partial charge in [0.2, 0.25) is 5.91 Å². The van der Waals surface area contributed by atoms with Gasteiger partial charge in [-0.3, -0.25) is 9.59 Å². The zero-order valence-corrected chi connectivity index (χ0v) is 14.8. The van der Waals surface area contributed by atoms with Crippen LogP contribution in [0.5, 0.6) is 5.75 Å². The summed E-state index contributed by atoms with van der Waals surface area (Å²) in [6, 6.07) is 7.92. The number of nitrogens with one attached hydrogen (secondary N) is 2. The van der Waals surface area contributed by atoms with Crippen molar-refractivity contribution < 1.29 is 14.3 Å². The smallest absolute Gasteiger partial charge is 0.271 e. The Morgan fingerprint density at radius 1 is 1.29 bits per heavy atom. The summed E-state index contributed by atoms with van der Waals surface area (Å²) < 4.78 is 5.13. The molecule has 2 N–H and O–H groups in total. The van der Waals surface area contributed by atoms with Crippen LogP contribution in [0, 0.1) is 0 Å². The highest BCUT2D eigenvalue weighted by Gasteiger charge is 2.14. The predicted octanol–water partition coefficient (Wildman–Crippen LogP) is 2.86. The first-order valence-electron chi connectivity index (χ1n) is 7.65. The van der Waals surface area contributed by atoms with Crippen molar-refractivity contribution in [1.82, 2.24) is 10.3 Å². The van der Waals surface area contributed by atoms with Crippen LogP contribution < -0.4 is 15.4 Å². The fourth-order valence-electron chi connectivity index (χ4n) is 2.13. The number of nitrogens with zero attached hydrogens (tertiary/aromatic N) is 1. The van der Waals surface area contributed by atoms with Gasteiger partial charge < -0.3 is 15.4 Å². The van der Waals surface area contributed by atoms with Crippen molar-refractivity contribution in [2.75, 3.05) is 12.4 Å². The lowest BCUT2D eigenvalue weighted by Crippen LogP contribution is -2.33. The number of hydrogen-bond donors (Lipinski definition) is 2. The van der Waals surface area contributed by atoms with Crippen molar-refractivity contribution in [2.45, 2.75) is 32.7 Å². The van der Waals surface area contributed by atoms with E-state index in [1.807, 2.05) is 31.2 Å². The maximum Gasteiger partial charge on any atom is 0.271 e. The quantitative estimate of drug-likeness (QED) is 0.807. The van der Waals surface area contributed by atoms with Crippen molar-refractivity contribution in [2.24, 2.45) is 0 Å². The summed E-state index contributed by atoms with van der Waals surface area (Å²) in [5.41, 5.74) is 1.51. The maximum atomic E-state index is 12.2. The highest BCUT2D eigenvalue weighted by atomic mass is 32.1. The molecule has 0 saturated heterocycles. The SMILES string of the molecule is COc1ccc(CC[C@H](C)NC(=O)c2csc(NC(C)=O)n2)cc1. The van der Waals surface area contributed by atoms with Crippen LogP contribution in [0.4, 0.5) is 5.13 Å². The van der Waals surface area contributed by atoms with E-state index in [1.54, 1.807) is 12.5 Å². The molecule has 128 valence electrons. The summed E-state index contributed by atoms with van der Waals surface area (Å²) in [6.45, 7) is 3.37. The van der Waals surface area contributed by atoms with Gasteiger partial charge in [0.1, 0.15) is 11.4 Å². The second-order valence-corrected chi connectivity index (χ2v) is 6.34. The molecule has 0 saturated carbocycles. The average Bonchev–Trinajstić information content (AvgIpc) is 3.01. The average molecular weight is 347 g/mol. The van der Waals surface area contributed by atoms with E-state index in [0.717, 1.165) is 18.6 Å². The molecule has 7 heteroatoms. The number of thiazole rings is 1. The van der Waals surface area contributed by atoms with Gasteiger partial charge in [-0.2, -0.15) is 0 Å². The summed E-state index contributed by atoms with van der Waals surface area (Å²) in [5.74, 6) is 0.396. The van der Waals surface area contributed by atoms with E-state index in [1.165, 1.54) is 23.8 Å². The van der Waals surface area contributed by atoms with Gasteiger partial charge >= 0.3 is 0 Å². The first kappa shape index (κ1) is 17.9. The molecule has 0 bridgehead atoms. The summed E-state index contributed by atoms with van der Waals surface area (Å²) in [7, 11) is 1.64. The second kappa shape index (κ2) is 8.44. The number of methoxy groups -OCH3 is 1. The molecule has 2 aromatic rings. The third-order valence-electron chi connectivity index (χ3n) is 3.42. The number of carbonyl (C=O) groups excluding carboxylic acids is 2. The minimum atomic E-state index is -0.231. The van der Waals surface area contributed by atoms with Crippen molar-refractivity contribution >= 4 is 28.3 Å². The summed E-state index contributed by atoms with van der Waals surface area (Å²) >= 11 is 1.23. The van der Waals surface area contributed by atoms with Crippen LogP contribution in [0.2, 0.25) is 0 Å². The molecule has 0 unspecified atom stereocenters. The number of benzene rings is 1. The number of ether oxygens (including phenoxy) is 1. The predicted molar refractivity (Wildman–Crippen MR) is 94.7 cm³/mol. The number of aromatic nitrogens is 1. The lowest BCUT2D eigenvalue weighted by atomic mass is 10.1. The van der Waals surface area contributed by atoms with Crippen molar-refractivity contribution in [1.29, 1.82) is 0 Å². The summed E-state index contributed by atoms with van der Waals surface area (Å²) in [4.78, 5) is 27.2. The van der Waals surface area contributed by atoms with E-state index in [2.05, 4.69) is 15.6 Å². The molecule has 0 aliphatic carbocycles. The van der Waals surface area contributed by atoms with Crippen LogP contribution in [-0.2, 0) is 11.2 Å². The molecule has 6 nitrogen and oxygen atoms in total. The number of aryl methyl sites for hydroxylation is 1. The summed E-state index contributed by atoms with van der Waals surface area (Å²) in [6.07, 6.45) is 1.68. The van der Waals surface area contributed by atoms with Gasteiger partial charge in [0.15, 0.2) is 5.13 Å². The van der Waals surface area contributed by atoms with E-state index in [0.29, 0.717) is 10.8 Å². The highest BCUT2D eigenvalue weighted by molar-refractivity contribution is 7.14. The number of rotatable bonds is 7. The molecule has 2 amide bonds.